The van der Waals surface area contributed by atoms with Crippen LogP contribution in [0.5, 0.6) is 0 Å². The minimum Gasteiger partial charge on any atom is -0.455 e. The van der Waals surface area contributed by atoms with Crippen LogP contribution in [0.4, 0.5) is 0 Å². The molecule has 0 saturated heterocycles. The van der Waals surface area contributed by atoms with Gasteiger partial charge in [-0.15, -0.1) is 0 Å². The van der Waals surface area contributed by atoms with Crippen molar-refractivity contribution in [2.45, 2.75) is 0 Å². The van der Waals surface area contributed by atoms with Gasteiger partial charge in [0.2, 0.25) is 5.71 Å². The van der Waals surface area contributed by atoms with Crippen LogP contribution in [0.15, 0.2) is 171 Å². The molecular weight excluding hydrogens is 629 g/mol. The summed E-state index contributed by atoms with van der Waals surface area (Å²) in [5, 5.41) is 5.38. The Morgan fingerprint density at radius 3 is 1.59 bits per heavy atom. The van der Waals surface area contributed by atoms with E-state index < -0.39 is 0 Å². The molecule has 0 N–H and O–H groups in total. The fraction of sp³-hybridized carbons (Fsp3) is 0. The second kappa shape index (κ2) is 10.8. The van der Waals surface area contributed by atoms with Crippen molar-refractivity contribution in [2.75, 3.05) is 0 Å². The number of nitrogens with zero attached hydrogens (tertiary/aromatic N) is 2. The van der Waals surface area contributed by atoms with Crippen molar-refractivity contribution in [1.82, 2.24) is 9.97 Å². The third-order valence-electron chi connectivity index (χ3n) is 9.97. The third-order valence-corrected chi connectivity index (χ3v) is 9.97. The molecule has 4 heterocycles. The second-order valence-corrected chi connectivity index (χ2v) is 12.9. The first-order valence-corrected chi connectivity index (χ1v) is 17.0. The SMILES string of the molecule is c1cc(-c2ccc3oc4ncc(-c5cccc(-c6cccc7c6oc6ccccc67)c5)nc4c3c2)cc(-c2cccc3c2oc2ccccc23)c1. The highest BCUT2D eigenvalue weighted by atomic mass is 16.3. The Balaban J connectivity index is 0.994. The number of fused-ring (bicyclic) bond motifs is 9. The van der Waals surface area contributed by atoms with Crippen molar-refractivity contribution < 1.29 is 13.3 Å². The molecule has 0 fully saturated rings. The highest BCUT2D eigenvalue weighted by Gasteiger charge is 2.17. The summed E-state index contributed by atoms with van der Waals surface area (Å²) in [6.45, 7) is 0. The maximum absolute atomic E-state index is 6.36. The Bertz CT molecular complexity index is 2950. The molecule has 0 aliphatic carbocycles. The van der Waals surface area contributed by atoms with Crippen molar-refractivity contribution in [3.63, 3.8) is 0 Å². The molecule has 4 aromatic heterocycles. The van der Waals surface area contributed by atoms with Crippen molar-refractivity contribution in [3.05, 3.63) is 158 Å². The van der Waals surface area contributed by atoms with Crippen LogP contribution in [-0.4, -0.2) is 9.97 Å². The highest BCUT2D eigenvalue weighted by Crippen LogP contribution is 2.39. The Hall–Kier alpha value is -6.98. The lowest BCUT2D eigenvalue weighted by molar-refractivity contribution is 0.653. The summed E-state index contributed by atoms with van der Waals surface area (Å²) >= 11 is 0. The Labute approximate surface area is 291 Å². The highest BCUT2D eigenvalue weighted by molar-refractivity contribution is 6.11. The molecule has 0 aliphatic heterocycles. The predicted octanol–water partition coefficient (Wildman–Crippen LogP) is 12.8. The van der Waals surface area contributed by atoms with Crippen molar-refractivity contribution in [3.8, 4) is 44.6 Å². The standard InChI is InChI=1S/C46H26N2O3/c1-3-19-40-34(13-1)36-17-7-15-32(44(36)49-40)29-10-5-9-27(23-29)28-21-22-42-38(25-28)43-46(51-42)47-26-39(48-43)31-12-6-11-30(24-31)33-16-8-18-37-35-14-2-4-20-41(35)50-45(33)37/h1-26H. The lowest BCUT2D eigenvalue weighted by Gasteiger charge is -2.07. The molecular formula is C46H26N2O3. The minimum absolute atomic E-state index is 0.513. The Kier molecular flexibility index (Phi) is 5.89. The van der Waals surface area contributed by atoms with E-state index in [4.69, 9.17) is 23.2 Å². The van der Waals surface area contributed by atoms with Crippen LogP contribution in [0.25, 0.3) is 111 Å². The summed E-state index contributed by atoms with van der Waals surface area (Å²) in [5.41, 5.74) is 13.7. The molecule has 0 spiro atoms. The largest absolute Gasteiger partial charge is 0.455 e. The molecule has 5 nitrogen and oxygen atoms in total. The fourth-order valence-electron chi connectivity index (χ4n) is 7.52. The molecule has 7 aromatic carbocycles. The number of furan rings is 3. The third kappa shape index (κ3) is 4.35. The van der Waals surface area contributed by atoms with E-state index >= 15 is 0 Å². The normalized spacial score (nSPS) is 11.9. The molecule has 0 bridgehead atoms. The van der Waals surface area contributed by atoms with E-state index in [9.17, 15) is 0 Å². The molecule has 0 radical (unpaired) electrons. The van der Waals surface area contributed by atoms with Gasteiger partial charge in [0.15, 0.2) is 0 Å². The van der Waals surface area contributed by atoms with Crippen molar-refractivity contribution in [1.29, 1.82) is 0 Å². The summed E-state index contributed by atoms with van der Waals surface area (Å²) in [4.78, 5) is 9.85. The summed E-state index contributed by atoms with van der Waals surface area (Å²) in [6.07, 6.45) is 1.79. The van der Waals surface area contributed by atoms with Crippen LogP contribution in [0.2, 0.25) is 0 Å². The number of benzene rings is 7. The van der Waals surface area contributed by atoms with Crippen LogP contribution >= 0.6 is 0 Å². The smallest absolute Gasteiger partial charge is 0.246 e. The second-order valence-electron chi connectivity index (χ2n) is 12.9. The van der Waals surface area contributed by atoms with E-state index in [0.717, 1.165) is 105 Å². The van der Waals surface area contributed by atoms with Gasteiger partial charge in [-0.1, -0.05) is 115 Å². The van der Waals surface area contributed by atoms with Crippen LogP contribution < -0.4 is 0 Å². The quantitative estimate of drug-likeness (QED) is 0.189. The summed E-state index contributed by atoms with van der Waals surface area (Å²) in [7, 11) is 0. The summed E-state index contributed by atoms with van der Waals surface area (Å²) in [6, 6.07) is 52.2. The number of hydrogen-bond donors (Lipinski definition) is 0. The van der Waals surface area contributed by atoms with Crippen molar-refractivity contribution in [2.24, 2.45) is 0 Å². The van der Waals surface area contributed by atoms with Gasteiger partial charge in [0, 0.05) is 43.6 Å². The average Bonchev–Trinajstić information content (AvgIpc) is 3.89. The maximum atomic E-state index is 6.36. The van der Waals surface area contributed by atoms with Crippen LogP contribution in [-0.2, 0) is 0 Å². The van der Waals surface area contributed by atoms with Gasteiger partial charge in [-0.3, -0.25) is 0 Å². The van der Waals surface area contributed by atoms with Crippen LogP contribution in [0.3, 0.4) is 0 Å². The maximum Gasteiger partial charge on any atom is 0.246 e. The molecule has 0 aliphatic rings. The van der Waals surface area contributed by atoms with E-state index in [-0.39, 0.29) is 0 Å². The molecule has 11 rings (SSSR count). The Morgan fingerprint density at radius 1 is 0.373 bits per heavy atom. The zero-order valence-corrected chi connectivity index (χ0v) is 27.1. The number of rotatable bonds is 4. The van der Waals surface area contributed by atoms with Gasteiger partial charge in [-0.2, -0.15) is 0 Å². The van der Waals surface area contributed by atoms with E-state index in [1.165, 1.54) is 0 Å². The first kappa shape index (κ1) is 27.9. The molecule has 11 aromatic rings. The minimum atomic E-state index is 0.513. The molecule has 5 heteroatoms. The topological polar surface area (TPSA) is 65.2 Å². The lowest BCUT2D eigenvalue weighted by atomic mass is 9.97. The number of para-hydroxylation sites is 4. The van der Waals surface area contributed by atoms with Crippen LogP contribution in [0, 0.1) is 0 Å². The van der Waals surface area contributed by atoms with Gasteiger partial charge in [0.25, 0.3) is 0 Å². The van der Waals surface area contributed by atoms with Crippen LogP contribution in [0.1, 0.15) is 0 Å². The number of hydrogen-bond acceptors (Lipinski definition) is 5. The van der Waals surface area contributed by atoms with E-state index in [1.54, 1.807) is 6.20 Å². The lowest BCUT2D eigenvalue weighted by Crippen LogP contribution is -1.88. The van der Waals surface area contributed by atoms with E-state index in [2.05, 4.69) is 115 Å². The summed E-state index contributed by atoms with van der Waals surface area (Å²) < 4.78 is 18.9. The van der Waals surface area contributed by atoms with Crippen molar-refractivity contribution >= 4 is 66.1 Å². The van der Waals surface area contributed by atoms with Gasteiger partial charge < -0.3 is 13.3 Å². The zero-order chi connectivity index (χ0) is 33.5. The Morgan fingerprint density at radius 2 is 0.902 bits per heavy atom. The van der Waals surface area contributed by atoms with E-state index in [1.807, 2.05) is 36.4 Å². The molecule has 0 amide bonds. The molecule has 51 heavy (non-hydrogen) atoms. The molecule has 0 unspecified atom stereocenters. The molecule has 0 atom stereocenters. The fourth-order valence-corrected chi connectivity index (χ4v) is 7.52. The average molecular weight is 655 g/mol. The van der Waals surface area contributed by atoms with Gasteiger partial charge in [0.05, 0.1) is 11.9 Å². The predicted molar refractivity (Wildman–Crippen MR) is 206 cm³/mol. The zero-order valence-electron chi connectivity index (χ0n) is 27.1. The van der Waals surface area contributed by atoms with E-state index in [0.29, 0.717) is 5.71 Å². The first-order chi connectivity index (χ1) is 25.2. The number of aromatic nitrogens is 2. The molecule has 0 saturated carbocycles. The molecule has 238 valence electrons. The van der Waals surface area contributed by atoms with Gasteiger partial charge in [-0.25, -0.2) is 9.97 Å². The van der Waals surface area contributed by atoms with Gasteiger partial charge in [0.1, 0.15) is 33.4 Å². The van der Waals surface area contributed by atoms with Gasteiger partial charge in [-0.05, 0) is 58.7 Å². The summed E-state index contributed by atoms with van der Waals surface area (Å²) in [5.74, 6) is 0. The first-order valence-electron chi connectivity index (χ1n) is 17.0. The van der Waals surface area contributed by atoms with Gasteiger partial charge >= 0.3 is 0 Å². The monoisotopic (exact) mass is 654 g/mol.